The molecule has 0 saturated carbocycles. The van der Waals surface area contributed by atoms with Gasteiger partial charge in [0.25, 0.3) is 5.91 Å². The highest BCUT2D eigenvalue weighted by Crippen LogP contribution is 2.26. The molecule has 5 nitrogen and oxygen atoms in total. The van der Waals surface area contributed by atoms with Crippen molar-refractivity contribution >= 4 is 38.3 Å². The number of anilines is 2. The number of para-hydroxylation sites is 1. The third kappa shape index (κ3) is 3.11. The Balaban J connectivity index is 1.47. The summed E-state index contributed by atoms with van der Waals surface area (Å²) in [6, 6.07) is 15.6. The van der Waals surface area contributed by atoms with Crippen LogP contribution in [0.3, 0.4) is 0 Å². The molecular weight excluding hydrogens is 320 g/mol. The number of aromatic nitrogens is 1. The van der Waals surface area contributed by atoms with Crippen molar-refractivity contribution in [1.29, 1.82) is 0 Å². The predicted molar refractivity (Wildman–Crippen MR) is 99.1 cm³/mol. The van der Waals surface area contributed by atoms with Crippen molar-refractivity contribution in [2.24, 2.45) is 0 Å². The summed E-state index contributed by atoms with van der Waals surface area (Å²) in [4.78, 5) is 19.2. The lowest BCUT2D eigenvalue weighted by Crippen LogP contribution is -2.43. The minimum Gasteiger partial charge on any atom is -0.369 e. The van der Waals surface area contributed by atoms with Crippen LogP contribution in [0.4, 0.5) is 10.8 Å². The monoisotopic (exact) mass is 338 g/mol. The second-order valence-corrected chi connectivity index (χ2v) is 6.76. The molecule has 0 bridgehead atoms. The first-order chi connectivity index (χ1) is 11.8. The molecule has 2 heterocycles. The zero-order valence-electron chi connectivity index (χ0n) is 13.2. The summed E-state index contributed by atoms with van der Waals surface area (Å²) in [6.07, 6.45) is 0. The summed E-state index contributed by atoms with van der Waals surface area (Å²) in [5, 5.41) is 6.86. The van der Waals surface area contributed by atoms with Crippen molar-refractivity contribution in [2.45, 2.75) is 0 Å². The third-order valence-corrected chi connectivity index (χ3v) is 5.08. The zero-order chi connectivity index (χ0) is 16.4. The number of nitrogens with zero attached hydrogens (tertiary/aromatic N) is 2. The van der Waals surface area contributed by atoms with Crippen molar-refractivity contribution in [1.82, 2.24) is 10.3 Å². The lowest BCUT2D eigenvalue weighted by Gasteiger charge is -2.29. The molecule has 2 N–H and O–H groups in total. The summed E-state index contributed by atoms with van der Waals surface area (Å²) < 4.78 is 1.07. The number of fused-ring (bicyclic) bond motifs is 1. The van der Waals surface area contributed by atoms with Gasteiger partial charge in [-0.15, -0.1) is 0 Å². The molecule has 0 unspecified atom stereocenters. The number of benzene rings is 2. The number of hydrogen-bond acceptors (Lipinski definition) is 5. The molecule has 0 atom stereocenters. The fourth-order valence-corrected chi connectivity index (χ4v) is 3.70. The van der Waals surface area contributed by atoms with Crippen LogP contribution in [-0.2, 0) is 0 Å². The fraction of sp³-hybridized carbons (Fsp3) is 0.222. The Hall–Kier alpha value is -2.44. The predicted octanol–water partition coefficient (Wildman–Crippen LogP) is 2.96. The average Bonchev–Trinajstić information content (AvgIpc) is 3.05. The minimum absolute atomic E-state index is 0.124. The number of carbonyl (C=O) groups excluding carboxylic acids is 1. The van der Waals surface area contributed by atoms with Crippen LogP contribution in [0.2, 0.25) is 0 Å². The fourth-order valence-electron chi connectivity index (χ4n) is 2.84. The highest BCUT2D eigenvalue weighted by atomic mass is 32.1. The quantitative estimate of drug-likeness (QED) is 0.771. The van der Waals surface area contributed by atoms with E-state index in [4.69, 9.17) is 0 Å². The normalized spacial score (nSPS) is 14.8. The van der Waals surface area contributed by atoms with E-state index >= 15 is 0 Å². The maximum absolute atomic E-state index is 12.4. The van der Waals surface area contributed by atoms with Crippen LogP contribution in [-0.4, -0.2) is 37.1 Å². The molecular formula is C18H18N4OS. The Labute approximate surface area is 144 Å². The Bertz CT molecular complexity index is 820. The van der Waals surface area contributed by atoms with Gasteiger partial charge in [-0.2, -0.15) is 0 Å². The molecule has 0 radical (unpaired) electrons. The van der Waals surface area contributed by atoms with E-state index in [0.29, 0.717) is 10.7 Å². The van der Waals surface area contributed by atoms with Crippen molar-refractivity contribution in [2.75, 3.05) is 36.4 Å². The number of piperazine rings is 1. The summed E-state index contributed by atoms with van der Waals surface area (Å²) >= 11 is 1.49. The van der Waals surface area contributed by atoms with Gasteiger partial charge in [-0.25, -0.2) is 4.98 Å². The molecule has 1 fully saturated rings. The second-order valence-electron chi connectivity index (χ2n) is 5.72. The van der Waals surface area contributed by atoms with Crippen LogP contribution in [0, 0.1) is 0 Å². The van der Waals surface area contributed by atoms with Crippen molar-refractivity contribution < 1.29 is 4.79 Å². The molecule has 1 aliphatic heterocycles. The van der Waals surface area contributed by atoms with Gasteiger partial charge in [0.2, 0.25) is 0 Å². The first-order valence-corrected chi connectivity index (χ1v) is 8.84. The maximum atomic E-state index is 12.4. The molecule has 1 aromatic heterocycles. The van der Waals surface area contributed by atoms with E-state index in [2.05, 4.69) is 20.5 Å². The van der Waals surface area contributed by atoms with E-state index in [1.807, 2.05) is 48.5 Å². The summed E-state index contributed by atoms with van der Waals surface area (Å²) in [5.41, 5.74) is 2.72. The number of amides is 1. The molecule has 1 amide bonds. The molecule has 0 spiro atoms. The summed E-state index contributed by atoms with van der Waals surface area (Å²) in [5.74, 6) is -0.124. The number of thiazole rings is 1. The molecule has 24 heavy (non-hydrogen) atoms. The largest absolute Gasteiger partial charge is 0.369 e. The van der Waals surface area contributed by atoms with Gasteiger partial charge in [0.15, 0.2) is 5.13 Å². The topological polar surface area (TPSA) is 57.3 Å². The van der Waals surface area contributed by atoms with E-state index in [1.165, 1.54) is 11.3 Å². The van der Waals surface area contributed by atoms with Crippen LogP contribution >= 0.6 is 11.3 Å². The summed E-state index contributed by atoms with van der Waals surface area (Å²) in [6.45, 7) is 3.99. The Morgan fingerprint density at radius 2 is 1.83 bits per heavy atom. The van der Waals surface area contributed by atoms with Gasteiger partial charge in [-0.3, -0.25) is 10.1 Å². The standard InChI is InChI=1S/C18H18N4OS/c23-17(21-18-20-15-3-1-2-4-16(15)24-18)13-5-7-14(8-6-13)22-11-9-19-10-12-22/h1-8,19H,9-12H2,(H,20,21,23). The van der Waals surface area contributed by atoms with Gasteiger partial charge >= 0.3 is 0 Å². The van der Waals surface area contributed by atoms with E-state index in [-0.39, 0.29) is 5.91 Å². The first-order valence-electron chi connectivity index (χ1n) is 8.02. The minimum atomic E-state index is -0.124. The van der Waals surface area contributed by atoms with E-state index in [9.17, 15) is 4.79 Å². The molecule has 3 aromatic rings. The molecule has 4 rings (SSSR count). The van der Waals surface area contributed by atoms with E-state index in [0.717, 1.165) is 42.1 Å². The van der Waals surface area contributed by atoms with Crippen molar-refractivity contribution in [3.63, 3.8) is 0 Å². The highest BCUT2D eigenvalue weighted by Gasteiger charge is 2.13. The molecule has 122 valence electrons. The third-order valence-electron chi connectivity index (χ3n) is 4.13. The lowest BCUT2D eigenvalue weighted by atomic mass is 10.1. The molecule has 1 saturated heterocycles. The number of nitrogens with one attached hydrogen (secondary N) is 2. The van der Waals surface area contributed by atoms with Gasteiger partial charge in [0.05, 0.1) is 10.2 Å². The Morgan fingerprint density at radius 1 is 1.08 bits per heavy atom. The van der Waals surface area contributed by atoms with E-state index < -0.39 is 0 Å². The number of carbonyl (C=O) groups is 1. The smallest absolute Gasteiger partial charge is 0.257 e. The van der Waals surface area contributed by atoms with Gasteiger partial charge in [-0.1, -0.05) is 23.5 Å². The van der Waals surface area contributed by atoms with Crippen LogP contribution in [0.1, 0.15) is 10.4 Å². The summed E-state index contributed by atoms with van der Waals surface area (Å²) in [7, 11) is 0. The molecule has 6 heteroatoms. The lowest BCUT2D eigenvalue weighted by molar-refractivity contribution is 0.102. The average molecular weight is 338 g/mol. The van der Waals surface area contributed by atoms with Gasteiger partial charge in [-0.05, 0) is 36.4 Å². The molecule has 0 aliphatic carbocycles. The SMILES string of the molecule is O=C(Nc1nc2ccccc2s1)c1ccc(N2CCNCC2)cc1. The van der Waals surface area contributed by atoms with Gasteiger partial charge in [0.1, 0.15) is 0 Å². The number of rotatable bonds is 3. The van der Waals surface area contributed by atoms with Crippen LogP contribution < -0.4 is 15.5 Å². The highest BCUT2D eigenvalue weighted by molar-refractivity contribution is 7.22. The van der Waals surface area contributed by atoms with Crippen LogP contribution in [0.5, 0.6) is 0 Å². The van der Waals surface area contributed by atoms with Crippen molar-refractivity contribution in [3.05, 3.63) is 54.1 Å². The van der Waals surface area contributed by atoms with Crippen LogP contribution in [0.25, 0.3) is 10.2 Å². The number of hydrogen-bond donors (Lipinski definition) is 2. The maximum Gasteiger partial charge on any atom is 0.257 e. The molecule has 2 aromatic carbocycles. The van der Waals surface area contributed by atoms with Crippen molar-refractivity contribution in [3.8, 4) is 0 Å². The van der Waals surface area contributed by atoms with E-state index in [1.54, 1.807) is 0 Å². The van der Waals surface area contributed by atoms with Gasteiger partial charge in [0, 0.05) is 37.4 Å². The van der Waals surface area contributed by atoms with Gasteiger partial charge < -0.3 is 10.2 Å². The Kier molecular flexibility index (Phi) is 4.15. The van der Waals surface area contributed by atoms with Crippen LogP contribution in [0.15, 0.2) is 48.5 Å². The zero-order valence-corrected chi connectivity index (χ0v) is 14.0. The molecule has 1 aliphatic rings. The first kappa shape index (κ1) is 15.1. The second kappa shape index (κ2) is 6.59. The Morgan fingerprint density at radius 3 is 2.58 bits per heavy atom.